The highest BCUT2D eigenvalue weighted by Gasteiger charge is 2.26. The third kappa shape index (κ3) is 6.20. The lowest BCUT2D eigenvalue weighted by Crippen LogP contribution is -2.26. The van der Waals surface area contributed by atoms with Crippen molar-refractivity contribution < 1.29 is 22.7 Å². The summed E-state index contributed by atoms with van der Waals surface area (Å²) in [6.07, 6.45) is -5.52. The summed E-state index contributed by atoms with van der Waals surface area (Å²) in [5, 5.41) is 0.512. The monoisotopic (exact) mass is 464 g/mol. The summed E-state index contributed by atoms with van der Waals surface area (Å²) in [4.78, 5) is 29.2. The third-order valence-corrected chi connectivity index (χ3v) is 5.03. The van der Waals surface area contributed by atoms with Crippen LogP contribution in [0.1, 0.15) is 34.6 Å². The van der Waals surface area contributed by atoms with E-state index in [0.29, 0.717) is 27.4 Å². The maximum Gasteiger partial charge on any atom is 0.389 e. The highest BCUT2D eigenvalue weighted by molar-refractivity contribution is 6.30. The van der Waals surface area contributed by atoms with E-state index in [2.05, 4.69) is 4.98 Å². The summed E-state index contributed by atoms with van der Waals surface area (Å²) in [6, 6.07) is 14.5. The minimum absolute atomic E-state index is 0.0348. The number of benzene rings is 2. The predicted molar refractivity (Wildman–Crippen MR) is 115 cm³/mol. The van der Waals surface area contributed by atoms with Gasteiger partial charge in [0.05, 0.1) is 24.9 Å². The maximum absolute atomic E-state index is 12.9. The van der Waals surface area contributed by atoms with Gasteiger partial charge in [-0.2, -0.15) is 13.2 Å². The molecule has 0 saturated carbocycles. The number of carbonyl (C=O) groups excluding carboxylic acids is 1. The summed E-state index contributed by atoms with van der Waals surface area (Å²) < 4.78 is 44.1. The van der Waals surface area contributed by atoms with Crippen molar-refractivity contribution in [1.29, 1.82) is 0 Å². The van der Waals surface area contributed by atoms with Crippen molar-refractivity contribution in [3.63, 3.8) is 0 Å². The van der Waals surface area contributed by atoms with Gasteiger partial charge in [-0.15, -0.1) is 0 Å². The molecule has 32 heavy (non-hydrogen) atoms. The Bertz CT molecular complexity index is 1160. The Morgan fingerprint density at radius 2 is 1.84 bits per heavy atom. The van der Waals surface area contributed by atoms with Crippen LogP contribution in [-0.2, 0) is 17.7 Å². The van der Waals surface area contributed by atoms with Gasteiger partial charge < -0.3 is 4.74 Å². The van der Waals surface area contributed by atoms with Crippen LogP contribution in [0.15, 0.2) is 59.4 Å². The Labute approximate surface area is 187 Å². The molecule has 0 spiro atoms. The number of esters is 1. The molecule has 3 rings (SSSR count). The number of rotatable bonds is 7. The molecule has 1 aromatic heterocycles. The summed E-state index contributed by atoms with van der Waals surface area (Å²) >= 11 is 5.91. The Kier molecular flexibility index (Phi) is 7.35. The van der Waals surface area contributed by atoms with E-state index in [1.54, 1.807) is 48.5 Å². The molecule has 168 valence electrons. The standard InChI is InChI=1S/C23H20ClF3N2O3/c1-32-22(31)17-5-2-4-15(12-17)14-29-20(6-3-11-23(25,26)27)28-19(13-21(29)30)16-7-9-18(24)10-8-16/h2,4-5,7-10,12-13H,3,6,11,14H2,1H3. The number of alkyl halides is 3. The van der Waals surface area contributed by atoms with E-state index in [-0.39, 0.29) is 25.2 Å². The molecule has 1 heterocycles. The molecule has 0 radical (unpaired) electrons. The van der Waals surface area contributed by atoms with Gasteiger partial charge in [0.25, 0.3) is 5.56 Å². The van der Waals surface area contributed by atoms with Gasteiger partial charge in [-0.05, 0) is 36.2 Å². The first-order chi connectivity index (χ1) is 15.2. The average molecular weight is 465 g/mol. The number of aryl methyl sites for hydroxylation is 1. The zero-order valence-electron chi connectivity index (χ0n) is 17.2. The molecule has 0 unspecified atom stereocenters. The van der Waals surface area contributed by atoms with E-state index >= 15 is 0 Å². The van der Waals surface area contributed by atoms with E-state index in [9.17, 15) is 22.8 Å². The number of hydrogen-bond donors (Lipinski definition) is 0. The van der Waals surface area contributed by atoms with Crippen molar-refractivity contribution in [2.45, 2.75) is 32.0 Å². The van der Waals surface area contributed by atoms with Gasteiger partial charge in [0.1, 0.15) is 5.82 Å². The van der Waals surface area contributed by atoms with Crippen LogP contribution >= 0.6 is 11.6 Å². The summed E-state index contributed by atoms with van der Waals surface area (Å²) in [6.45, 7) is 0.0545. The fourth-order valence-electron chi connectivity index (χ4n) is 3.23. The highest BCUT2D eigenvalue weighted by atomic mass is 35.5. The molecule has 3 aromatic rings. The molecule has 2 aromatic carbocycles. The summed E-state index contributed by atoms with van der Waals surface area (Å²) in [5.74, 6) is -0.295. The lowest BCUT2D eigenvalue weighted by atomic mass is 10.1. The zero-order chi connectivity index (χ0) is 23.3. The SMILES string of the molecule is COC(=O)c1cccc(Cn2c(CCCC(F)(F)F)nc(-c3ccc(Cl)cc3)cc2=O)c1. The van der Waals surface area contributed by atoms with Gasteiger partial charge in [-0.25, -0.2) is 9.78 Å². The molecule has 0 atom stereocenters. The minimum Gasteiger partial charge on any atom is -0.465 e. The largest absolute Gasteiger partial charge is 0.465 e. The molecule has 0 amide bonds. The van der Waals surface area contributed by atoms with Gasteiger partial charge in [-0.1, -0.05) is 35.9 Å². The van der Waals surface area contributed by atoms with Crippen LogP contribution in [0.3, 0.4) is 0 Å². The van der Waals surface area contributed by atoms with Gasteiger partial charge in [0.15, 0.2) is 0 Å². The van der Waals surface area contributed by atoms with E-state index < -0.39 is 24.1 Å². The number of carbonyl (C=O) groups is 1. The van der Waals surface area contributed by atoms with Crippen LogP contribution in [-0.4, -0.2) is 28.8 Å². The minimum atomic E-state index is -4.30. The van der Waals surface area contributed by atoms with E-state index in [1.807, 2.05) is 0 Å². The van der Waals surface area contributed by atoms with Gasteiger partial charge in [-0.3, -0.25) is 9.36 Å². The maximum atomic E-state index is 12.9. The first kappa shape index (κ1) is 23.5. The molecular weight excluding hydrogens is 445 g/mol. The first-order valence-electron chi connectivity index (χ1n) is 9.77. The second-order valence-electron chi connectivity index (χ2n) is 7.15. The van der Waals surface area contributed by atoms with Crippen LogP contribution < -0.4 is 5.56 Å². The highest BCUT2D eigenvalue weighted by Crippen LogP contribution is 2.23. The third-order valence-electron chi connectivity index (χ3n) is 4.78. The molecule has 0 aliphatic rings. The number of aromatic nitrogens is 2. The number of methoxy groups -OCH3 is 1. The Hall–Kier alpha value is -3.13. The lowest BCUT2D eigenvalue weighted by Gasteiger charge is -2.15. The molecule has 9 heteroatoms. The average Bonchev–Trinajstić information content (AvgIpc) is 2.75. The topological polar surface area (TPSA) is 61.2 Å². The second kappa shape index (κ2) is 9.99. The molecule has 0 bridgehead atoms. The molecule has 5 nitrogen and oxygen atoms in total. The van der Waals surface area contributed by atoms with Crippen molar-refractivity contribution in [2.75, 3.05) is 7.11 Å². The van der Waals surface area contributed by atoms with Crippen molar-refractivity contribution >= 4 is 17.6 Å². The zero-order valence-corrected chi connectivity index (χ0v) is 17.9. The fraction of sp³-hybridized carbons (Fsp3) is 0.261. The van der Waals surface area contributed by atoms with Gasteiger partial charge in [0, 0.05) is 29.5 Å². The number of nitrogens with zero attached hydrogens (tertiary/aromatic N) is 2. The smallest absolute Gasteiger partial charge is 0.389 e. The molecule has 0 saturated heterocycles. The van der Waals surface area contributed by atoms with Crippen LogP contribution in [0, 0.1) is 0 Å². The number of halogens is 4. The molecule has 0 aliphatic carbocycles. The van der Waals surface area contributed by atoms with Crippen LogP contribution in [0.2, 0.25) is 5.02 Å². The Balaban J connectivity index is 1.99. The lowest BCUT2D eigenvalue weighted by molar-refractivity contribution is -0.135. The van der Waals surface area contributed by atoms with Crippen molar-refractivity contribution in [3.8, 4) is 11.3 Å². The van der Waals surface area contributed by atoms with E-state index in [1.165, 1.54) is 17.7 Å². The predicted octanol–water partition coefficient (Wildman–Crippen LogP) is 5.28. The number of ether oxygens (including phenoxy) is 1. The molecule has 0 N–H and O–H groups in total. The van der Waals surface area contributed by atoms with Crippen LogP contribution in [0.4, 0.5) is 13.2 Å². The normalized spacial score (nSPS) is 11.4. The fourth-order valence-corrected chi connectivity index (χ4v) is 3.35. The molecule has 0 aliphatic heterocycles. The molecular formula is C23H20ClF3N2O3. The van der Waals surface area contributed by atoms with Crippen molar-refractivity contribution in [2.24, 2.45) is 0 Å². The van der Waals surface area contributed by atoms with E-state index in [4.69, 9.17) is 16.3 Å². The van der Waals surface area contributed by atoms with Crippen LogP contribution in [0.25, 0.3) is 11.3 Å². The first-order valence-corrected chi connectivity index (χ1v) is 10.1. The van der Waals surface area contributed by atoms with Gasteiger partial charge >= 0.3 is 12.1 Å². The Morgan fingerprint density at radius 3 is 2.50 bits per heavy atom. The van der Waals surface area contributed by atoms with Crippen molar-refractivity contribution in [1.82, 2.24) is 9.55 Å². The number of hydrogen-bond acceptors (Lipinski definition) is 4. The summed E-state index contributed by atoms with van der Waals surface area (Å²) in [5.41, 5.74) is 1.50. The Morgan fingerprint density at radius 1 is 1.12 bits per heavy atom. The van der Waals surface area contributed by atoms with Crippen molar-refractivity contribution in [3.05, 3.63) is 86.9 Å². The summed E-state index contributed by atoms with van der Waals surface area (Å²) in [7, 11) is 1.26. The quantitative estimate of drug-likeness (QED) is 0.446. The second-order valence-corrected chi connectivity index (χ2v) is 7.59. The molecule has 0 fully saturated rings. The van der Waals surface area contributed by atoms with Gasteiger partial charge in [0.2, 0.25) is 0 Å². The van der Waals surface area contributed by atoms with Crippen LogP contribution in [0.5, 0.6) is 0 Å². The van der Waals surface area contributed by atoms with E-state index in [0.717, 1.165) is 0 Å².